The van der Waals surface area contributed by atoms with Crippen molar-refractivity contribution < 1.29 is 9.18 Å². The van der Waals surface area contributed by atoms with Crippen molar-refractivity contribution >= 4 is 11.7 Å². The van der Waals surface area contributed by atoms with E-state index in [-0.39, 0.29) is 11.4 Å². The second-order valence-electron chi connectivity index (χ2n) is 4.08. The molecule has 7 nitrogen and oxygen atoms in total. The predicted molar refractivity (Wildman–Crippen MR) is 71.2 cm³/mol. The number of aromatic nitrogens is 3. The fourth-order valence-electron chi connectivity index (χ4n) is 1.70. The largest absolute Gasteiger partial charge is 0.352 e. The zero-order valence-corrected chi connectivity index (χ0v) is 10.7. The molecule has 0 spiro atoms. The Hall–Kier alpha value is -2.48. The molecule has 2 rings (SSSR count). The van der Waals surface area contributed by atoms with Crippen LogP contribution in [-0.2, 0) is 6.54 Å². The summed E-state index contributed by atoms with van der Waals surface area (Å²) in [6.07, 6.45) is 7.26. The number of carbonyl (C=O) groups excluding carboxylic acids is 1. The molecule has 0 atom stereocenters. The van der Waals surface area contributed by atoms with Gasteiger partial charge in [0.25, 0.3) is 5.91 Å². The molecule has 0 aliphatic rings. The number of halogens is 1. The zero-order chi connectivity index (χ0) is 14.4. The molecule has 0 fully saturated rings. The minimum atomic E-state index is -0.762. The van der Waals surface area contributed by atoms with E-state index in [0.717, 1.165) is 13.0 Å². The number of aryl methyl sites for hydroxylation is 1. The van der Waals surface area contributed by atoms with Gasteiger partial charge in [-0.15, -0.1) is 0 Å². The molecule has 0 bridgehead atoms. The van der Waals surface area contributed by atoms with Crippen molar-refractivity contribution in [3.63, 3.8) is 0 Å². The minimum absolute atomic E-state index is 0.0874. The maximum atomic E-state index is 13.8. The number of rotatable bonds is 6. The molecule has 0 aliphatic carbocycles. The van der Waals surface area contributed by atoms with Crippen molar-refractivity contribution in [2.24, 2.45) is 5.84 Å². The van der Waals surface area contributed by atoms with Crippen LogP contribution in [0.1, 0.15) is 16.8 Å². The number of hydrazine groups is 1. The number of hydrogen-bond acceptors (Lipinski definition) is 5. The first kappa shape index (κ1) is 13.9. The molecule has 0 unspecified atom stereocenters. The highest BCUT2D eigenvalue weighted by molar-refractivity contribution is 5.95. The monoisotopic (exact) mass is 278 g/mol. The standard InChI is InChI=1S/C12H15FN6O/c13-10-9(2-4-16-11(10)18-14)12(20)17-3-1-6-19-7-5-15-8-19/h2,4-5,7-8H,1,3,6,14H2,(H,16,18)(H,17,20). The van der Waals surface area contributed by atoms with Gasteiger partial charge >= 0.3 is 0 Å². The van der Waals surface area contributed by atoms with E-state index >= 15 is 0 Å². The Kier molecular flexibility index (Phi) is 4.61. The summed E-state index contributed by atoms with van der Waals surface area (Å²) in [5.41, 5.74) is 2.01. The highest BCUT2D eigenvalue weighted by Crippen LogP contribution is 2.13. The summed E-state index contributed by atoms with van der Waals surface area (Å²) in [4.78, 5) is 19.4. The number of nitrogens with one attached hydrogen (secondary N) is 2. The lowest BCUT2D eigenvalue weighted by molar-refractivity contribution is 0.0948. The van der Waals surface area contributed by atoms with Crippen LogP contribution in [0, 0.1) is 5.82 Å². The molecule has 0 saturated carbocycles. The van der Waals surface area contributed by atoms with Crippen LogP contribution < -0.4 is 16.6 Å². The maximum Gasteiger partial charge on any atom is 0.254 e. The van der Waals surface area contributed by atoms with Gasteiger partial charge in [-0.2, -0.15) is 0 Å². The molecule has 0 saturated heterocycles. The zero-order valence-electron chi connectivity index (χ0n) is 10.7. The van der Waals surface area contributed by atoms with Gasteiger partial charge in [0.15, 0.2) is 11.6 Å². The lowest BCUT2D eigenvalue weighted by Gasteiger charge is -2.08. The van der Waals surface area contributed by atoms with E-state index in [9.17, 15) is 9.18 Å². The number of nitrogens with two attached hydrogens (primary N) is 1. The Morgan fingerprint density at radius 2 is 2.30 bits per heavy atom. The highest BCUT2D eigenvalue weighted by Gasteiger charge is 2.14. The van der Waals surface area contributed by atoms with E-state index in [1.807, 2.05) is 10.8 Å². The summed E-state index contributed by atoms with van der Waals surface area (Å²) >= 11 is 0. The van der Waals surface area contributed by atoms with Crippen molar-refractivity contribution in [2.75, 3.05) is 12.0 Å². The lowest BCUT2D eigenvalue weighted by atomic mass is 10.2. The summed E-state index contributed by atoms with van der Waals surface area (Å²) in [5, 5.41) is 2.64. The number of carbonyl (C=O) groups is 1. The quantitative estimate of drug-likeness (QED) is 0.406. The first-order chi connectivity index (χ1) is 9.72. The van der Waals surface area contributed by atoms with E-state index in [0.29, 0.717) is 6.54 Å². The molecule has 4 N–H and O–H groups in total. The molecule has 0 radical (unpaired) electrons. The Bertz CT molecular complexity index is 571. The number of amides is 1. The first-order valence-corrected chi connectivity index (χ1v) is 6.07. The molecular weight excluding hydrogens is 263 g/mol. The van der Waals surface area contributed by atoms with Gasteiger partial charge in [0.2, 0.25) is 0 Å². The van der Waals surface area contributed by atoms with Crippen LogP contribution in [0.4, 0.5) is 10.2 Å². The fraction of sp³-hybridized carbons (Fsp3) is 0.250. The van der Waals surface area contributed by atoms with Crippen LogP contribution in [-0.4, -0.2) is 27.0 Å². The summed E-state index contributed by atoms with van der Waals surface area (Å²) in [6.45, 7) is 1.17. The van der Waals surface area contributed by atoms with Gasteiger partial charge in [-0.05, 0) is 12.5 Å². The van der Waals surface area contributed by atoms with E-state index in [2.05, 4.69) is 20.7 Å². The second kappa shape index (κ2) is 6.62. The van der Waals surface area contributed by atoms with E-state index in [1.165, 1.54) is 12.3 Å². The van der Waals surface area contributed by atoms with Gasteiger partial charge in [-0.3, -0.25) is 4.79 Å². The van der Waals surface area contributed by atoms with E-state index in [1.54, 1.807) is 12.5 Å². The van der Waals surface area contributed by atoms with Gasteiger partial charge in [0.1, 0.15) is 0 Å². The average Bonchev–Trinajstić information content (AvgIpc) is 2.97. The number of pyridine rings is 1. The van der Waals surface area contributed by atoms with Crippen molar-refractivity contribution in [2.45, 2.75) is 13.0 Å². The fourth-order valence-corrected chi connectivity index (χ4v) is 1.70. The SMILES string of the molecule is NNc1nccc(C(=O)NCCCn2ccnc2)c1F. The number of hydrogen-bond donors (Lipinski definition) is 3. The highest BCUT2D eigenvalue weighted by atomic mass is 19.1. The van der Waals surface area contributed by atoms with Crippen molar-refractivity contribution in [1.82, 2.24) is 19.9 Å². The first-order valence-electron chi connectivity index (χ1n) is 6.07. The van der Waals surface area contributed by atoms with Crippen LogP contribution >= 0.6 is 0 Å². The molecule has 2 aromatic rings. The van der Waals surface area contributed by atoms with Crippen molar-refractivity contribution in [1.29, 1.82) is 0 Å². The summed E-state index contributed by atoms with van der Waals surface area (Å²) in [5.74, 6) is 3.69. The van der Waals surface area contributed by atoms with Gasteiger partial charge in [-0.1, -0.05) is 0 Å². The molecule has 0 aromatic carbocycles. The second-order valence-corrected chi connectivity index (χ2v) is 4.08. The Labute approximate surface area is 115 Å². The smallest absolute Gasteiger partial charge is 0.254 e. The van der Waals surface area contributed by atoms with E-state index in [4.69, 9.17) is 5.84 Å². The van der Waals surface area contributed by atoms with Gasteiger partial charge < -0.3 is 15.3 Å². The molecule has 106 valence electrons. The third-order valence-corrected chi connectivity index (χ3v) is 2.71. The van der Waals surface area contributed by atoms with Gasteiger partial charge in [0, 0.05) is 31.7 Å². The van der Waals surface area contributed by atoms with Crippen LogP contribution in [0.3, 0.4) is 0 Å². The summed E-state index contributed by atoms with van der Waals surface area (Å²) in [7, 11) is 0. The van der Waals surface area contributed by atoms with Gasteiger partial charge in [0.05, 0.1) is 11.9 Å². The molecule has 8 heteroatoms. The lowest BCUT2D eigenvalue weighted by Crippen LogP contribution is -2.26. The van der Waals surface area contributed by atoms with Crippen molar-refractivity contribution in [3.05, 3.63) is 42.4 Å². The molecule has 2 heterocycles. The number of nitrogen functional groups attached to an aromatic ring is 1. The normalized spacial score (nSPS) is 10.3. The third kappa shape index (κ3) is 3.29. The molecule has 0 aliphatic heterocycles. The molecular formula is C12H15FN6O. The van der Waals surface area contributed by atoms with Crippen LogP contribution in [0.15, 0.2) is 31.0 Å². The number of imidazole rings is 1. The Morgan fingerprint density at radius 1 is 1.45 bits per heavy atom. The maximum absolute atomic E-state index is 13.8. The Balaban J connectivity index is 1.86. The minimum Gasteiger partial charge on any atom is -0.352 e. The molecule has 2 aromatic heterocycles. The van der Waals surface area contributed by atoms with Crippen LogP contribution in [0.5, 0.6) is 0 Å². The number of nitrogens with zero attached hydrogens (tertiary/aromatic N) is 3. The number of anilines is 1. The predicted octanol–water partition coefficient (Wildman–Crippen LogP) is 0.523. The van der Waals surface area contributed by atoms with Crippen LogP contribution in [0.2, 0.25) is 0 Å². The average molecular weight is 278 g/mol. The molecule has 20 heavy (non-hydrogen) atoms. The summed E-state index contributed by atoms with van der Waals surface area (Å²) < 4.78 is 15.7. The summed E-state index contributed by atoms with van der Waals surface area (Å²) in [6, 6.07) is 1.31. The molecule has 1 amide bonds. The van der Waals surface area contributed by atoms with E-state index < -0.39 is 11.7 Å². The Morgan fingerprint density at radius 3 is 3.00 bits per heavy atom. The topological polar surface area (TPSA) is 97.9 Å². The van der Waals surface area contributed by atoms with Crippen LogP contribution in [0.25, 0.3) is 0 Å². The van der Waals surface area contributed by atoms with Crippen molar-refractivity contribution in [3.8, 4) is 0 Å². The van der Waals surface area contributed by atoms with Gasteiger partial charge in [-0.25, -0.2) is 20.2 Å². The third-order valence-electron chi connectivity index (χ3n) is 2.71.